The normalized spacial score (nSPS) is 29.7. The predicted molar refractivity (Wildman–Crippen MR) is 87.4 cm³/mol. The van der Waals surface area contributed by atoms with Crippen molar-refractivity contribution in [3.8, 4) is 0 Å². The van der Waals surface area contributed by atoms with Crippen LogP contribution in [-0.2, 0) is 19.4 Å². The van der Waals surface area contributed by atoms with Crippen molar-refractivity contribution < 1.29 is 0 Å². The summed E-state index contributed by atoms with van der Waals surface area (Å²) >= 11 is 0. The highest BCUT2D eigenvalue weighted by Gasteiger charge is 2.32. The van der Waals surface area contributed by atoms with Crippen LogP contribution in [0.15, 0.2) is 0 Å². The predicted octanol–water partition coefficient (Wildman–Crippen LogP) is 3.72. The SMILES string of the molecule is CC(C)Cc1nc2c(n1C1CCCC(C)C1C)CCNC2. The molecule has 0 amide bonds. The van der Waals surface area contributed by atoms with Crippen LogP contribution in [-0.4, -0.2) is 16.1 Å². The molecular weight excluding hydrogens is 258 g/mol. The van der Waals surface area contributed by atoms with Gasteiger partial charge in [0.2, 0.25) is 0 Å². The van der Waals surface area contributed by atoms with Gasteiger partial charge in [0, 0.05) is 37.7 Å². The number of nitrogens with one attached hydrogen (secondary N) is 1. The zero-order chi connectivity index (χ0) is 15.0. The third-order valence-electron chi connectivity index (χ3n) is 5.58. The smallest absolute Gasteiger partial charge is 0.109 e. The molecule has 1 fully saturated rings. The number of aromatic nitrogens is 2. The Bertz CT molecular complexity index is 489. The van der Waals surface area contributed by atoms with E-state index < -0.39 is 0 Å². The van der Waals surface area contributed by atoms with Crippen molar-refractivity contribution in [2.75, 3.05) is 6.54 Å². The van der Waals surface area contributed by atoms with E-state index in [2.05, 4.69) is 37.6 Å². The topological polar surface area (TPSA) is 29.9 Å². The highest BCUT2D eigenvalue weighted by molar-refractivity contribution is 5.22. The summed E-state index contributed by atoms with van der Waals surface area (Å²) in [4.78, 5) is 5.03. The lowest BCUT2D eigenvalue weighted by Gasteiger charge is -2.37. The maximum Gasteiger partial charge on any atom is 0.109 e. The van der Waals surface area contributed by atoms with Crippen molar-refractivity contribution in [1.29, 1.82) is 0 Å². The third-order valence-corrected chi connectivity index (χ3v) is 5.58. The molecule has 3 heteroatoms. The summed E-state index contributed by atoms with van der Waals surface area (Å²) in [6.07, 6.45) is 6.38. The maximum atomic E-state index is 5.03. The molecule has 1 saturated carbocycles. The second kappa shape index (κ2) is 6.12. The molecule has 3 rings (SSSR count). The van der Waals surface area contributed by atoms with Gasteiger partial charge in [-0.25, -0.2) is 4.98 Å². The van der Waals surface area contributed by atoms with Gasteiger partial charge >= 0.3 is 0 Å². The fourth-order valence-corrected chi connectivity index (χ4v) is 4.21. The van der Waals surface area contributed by atoms with Gasteiger partial charge in [-0.1, -0.05) is 40.5 Å². The average molecular weight is 289 g/mol. The van der Waals surface area contributed by atoms with Crippen LogP contribution < -0.4 is 5.32 Å². The molecule has 118 valence electrons. The van der Waals surface area contributed by atoms with Gasteiger partial charge in [-0.05, 0) is 24.2 Å². The van der Waals surface area contributed by atoms with Gasteiger partial charge in [0.25, 0.3) is 0 Å². The monoisotopic (exact) mass is 289 g/mol. The molecule has 0 aromatic carbocycles. The van der Waals surface area contributed by atoms with E-state index in [9.17, 15) is 0 Å². The van der Waals surface area contributed by atoms with Crippen LogP contribution in [0.25, 0.3) is 0 Å². The highest BCUT2D eigenvalue weighted by Crippen LogP contribution is 2.40. The molecule has 1 aromatic rings. The van der Waals surface area contributed by atoms with Crippen LogP contribution in [0.5, 0.6) is 0 Å². The van der Waals surface area contributed by atoms with Gasteiger partial charge in [-0.15, -0.1) is 0 Å². The Morgan fingerprint density at radius 1 is 1.29 bits per heavy atom. The van der Waals surface area contributed by atoms with E-state index in [1.165, 1.54) is 36.5 Å². The molecule has 1 N–H and O–H groups in total. The van der Waals surface area contributed by atoms with Crippen molar-refractivity contribution in [1.82, 2.24) is 14.9 Å². The molecule has 2 heterocycles. The number of fused-ring (bicyclic) bond motifs is 1. The van der Waals surface area contributed by atoms with Crippen LogP contribution in [0.3, 0.4) is 0 Å². The summed E-state index contributed by atoms with van der Waals surface area (Å²) in [5, 5.41) is 3.48. The molecule has 1 aliphatic heterocycles. The molecule has 3 nitrogen and oxygen atoms in total. The summed E-state index contributed by atoms with van der Waals surface area (Å²) in [7, 11) is 0. The van der Waals surface area contributed by atoms with Gasteiger partial charge in [-0.2, -0.15) is 0 Å². The molecule has 1 aromatic heterocycles. The Morgan fingerprint density at radius 2 is 2.10 bits per heavy atom. The standard InChI is InChI=1S/C18H31N3/c1-12(2)10-18-20-15-11-19-9-8-17(15)21(18)16-7-5-6-13(3)14(16)4/h12-14,16,19H,5-11H2,1-4H3. The molecule has 2 aliphatic rings. The van der Waals surface area contributed by atoms with Gasteiger partial charge in [0.05, 0.1) is 5.69 Å². The first-order valence-electron chi connectivity index (χ1n) is 8.87. The van der Waals surface area contributed by atoms with Crippen molar-refractivity contribution in [2.24, 2.45) is 17.8 Å². The minimum Gasteiger partial charge on any atom is -0.328 e. The van der Waals surface area contributed by atoms with Crippen LogP contribution in [0.2, 0.25) is 0 Å². The first-order chi connectivity index (χ1) is 10.1. The van der Waals surface area contributed by atoms with Crippen LogP contribution in [0, 0.1) is 17.8 Å². The van der Waals surface area contributed by atoms with E-state index in [1.54, 1.807) is 0 Å². The number of nitrogens with zero attached hydrogens (tertiary/aromatic N) is 2. The van der Waals surface area contributed by atoms with E-state index in [1.807, 2.05) is 0 Å². The van der Waals surface area contributed by atoms with Crippen LogP contribution in [0.4, 0.5) is 0 Å². The lowest BCUT2D eigenvalue weighted by atomic mass is 9.77. The maximum absolute atomic E-state index is 5.03. The Balaban J connectivity index is 2.00. The lowest BCUT2D eigenvalue weighted by Crippen LogP contribution is -2.31. The summed E-state index contributed by atoms with van der Waals surface area (Å²) in [5.41, 5.74) is 2.86. The number of rotatable bonds is 3. The van der Waals surface area contributed by atoms with Crippen LogP contribution >= 0.6 is 0 Å². The first-order valence-corrected chi connectivity index (χ1v) is 8.87. The largest absolute Gasteiger partial charge is 0.328 e. The first kappa shape index (κ1) is 15.1. The van der Waals surface area contributed by atoms with E-state index in [-0.39, 0.29) is 0 Å². The Labute approximate surface area is 129 Å². The minimum absolute atomic E-state index is 0.678. The fraction of sp³-hybridized carbons (Fsp3) is 0.833. The number of imidazole rings is 1. The molecule has 1 aliphatic carbocycles. The van der Waals surface area contributed by atoms with Gasteiger partial charge in [0.15, 0.2) is 0 Å². The van der Waals surface area contributed by atoms with Crippen molar-refractivity contribution in [3.05, 3.63) is 17.2 Å². The fourth-order valence-electron chi connectivity index (χ4n) is 4.21. The number of hydrogen-bond acceptors (Lipinski definition) is 2. The zero-order valence-corrected chi connectivity index (χ0v) is 14.2. The van der Waals surface area contributed by atoms with E-state index in [0.29, 0.717) is 12.0 Å². The summed E-state index contributed by atoms with van der Waals surface area (Å²) in [6, 6.07) is 0.678. The molecule has 0 saturated heterocycles. The Kier molecular flexibility index (Phi) is 4.39. The second-order valence-electron chi connectivity index (χ2n) is 7.65. The lowest BCUT2D eigenvalue weighted by molar-refractivity contribution is 0.179. The minimum atomic E-state index is 0.678. The number of hydrogen-bond donors (Lipinski definition) is 1. The molecule has 0 spiro atoms. The second-order valence-corrected chi connectivity index (χ2v) is 7.65. The summed E-state index contributed by atoms with van der Waals surface area (Å²) in [6.45, 7) is 11.6. The quantitative estimate of drug-likeness (QED) is 0.919. The molecule has 0 radical (unpaired) electrons. The third kappa shape index (κ3) is 2.90. The van der Waals surface area contributed by atoms with Gasteiger partial charge in [0.1, 0.15) is 5.82 Å². The van der Waals surface area contributed by atoms with Crippen molar-refractivity contribution >= 4 is 0 Å². The molecule has 0 bridgehead atoms. The summed E-state index contributed by atoms with van der Waals surface area (Å²) < 4.78 is 2.68. The van der Waals surface area contributed by atoms with Crippen LogP contribution in [0.1, 0.15) is 70.2 Å². The van der Waals surface area contributed by atoms with Gasteiger partial charge < -0.3 is 9.88 Å². The van der Waals surface area contributed by atoms with Gasteiger partial charge in [-0.3, -0.25) is 0 Å². The van der Waals surface area contributed by atoms with E-state index in [4.69, 9.17) is 4.98 Å². The zero-order valence-electron chi connectivity index (χ0n) is 14.2. The molecule has 21 heavy (non-hydrogen) atoms. The highest BCUT2D eigenvalue weighted by atomic mass is 15.1. The van der Waals surface area contributed by atoms with E-state index in [0.717, 1.165) is 37.8 Å². The van der Waals surface area contributed by atoms with E-state index >= 15 is 0 Å². The molecular formula is C18H31N3. The average Bonchev–Trinajstić information content (AvgIpc) is 2.79. The van der Waals surface area contributed by atoms with Crippen molar-refractivity contribution in [3.63, 3.8) is 0 Å². The van der Waals surface area contributed by atoms with Crippen molar-refractivity contribution in [2.45, 2.75) is 72.4 Å². The Hall–Kier alpha value is -0.830. The molecule has 3 unspecified atom stereocenters. The Morgan fingerprint density at radius 3 is 2.86 bits per heavy atom. The molecule has 3 atom stereocenters. The summed E-state index contributed by atoms with van der Waals surface area (Å²) in [5.74, 6) is 3.65.